The summed E-state index contributed by atoms with van der Waals surface area (Å²) in [5.74, 6) is 1.31. The quantitative estimate of drug-likeness (QED) is 0.921. The number of anilines is 1. The number of aromatic nitrogens is 1. The third kappa shape index (κ3) is 1.83. The van der Waals surface area contributed by atoms with Crippen molar-refractivity contribution in [1.82, 2.24) is 5.16 Å². The van der Waals surface area contributed by atoms with Crippen LogP contribution in [-0.2, 0) is 11.2 Å². The second-order valence-electron chi connectivity index (χ2n) is 4.76. The third-order valence-corrected chi connectivity index (χ3v) is 4.62. The average molecular weight is 264 g/mol. The average Bonchev–Trinajstić information content (AvgIpc) is 2.93. The standard InChI is InChI=1S/C13H16N2O2S/c1-16-13(5-3-6-13)8-9-11(12(14)15-17-9)10-4-2-7-18-10/h2,4,7H,3,5-6,8H2,1H3,(H2,14,15). The van der Waals surface area contributed by atoms with Crippen LogP contribution in [0.15, 0.2) is 22.0 Å². The maximum absolute atomic E-state index is 5.91. The van der Waals surface area contributed by atoms with E-state index < -0.39 is 0 Å². The SMILES string of the molecule is COC1(Cc2onc(N)c2-c2cccs2)CCC1. The Labute approximate surface area is 110 Å². The highest BCUT2D eigenvalue weighted by Gasteiger charge is 2.39. The molecule has 1 aliphatic carbocycles. The molecule has 1 aliphatic rings. The largest absolute Gasteiger partial charge is 0.380 e. The summed E-state index contributed by atoms with van der Waals surface area (Å²) in [6.07, 6.45) is 4.12. The van der Waals surface area contributed by atoms with Crippen LogP contribution < -0.4 is 5.73 Å². The monoisotopic (exact) mass is 264 g/mol. The number of hydrogen-bond donors (Lipinski definition) is 1. The Kier molecular flexibility index (Phi) is 2.87. The van der Waals surface area contributed by atoms with Crippen molar-refractivity contribution in [2.24, 2.45) is 0 Å². The van der Waals surface area contributed by atoms with E-state index in [0.717, 1.165) is 35.5 Å². The zero-order chi connectivity index (χ0) is 12.6. The first kappa shape index (κ1) is 11.7. The Morgan fingerprint density at radius 3 is 2.94 bits per heavy atom. The van der Waals surface area contributed by atoms with Gasteiger partial charge in [-0.25, -0.2) is 0 Å². The highest BCUT2D eigenvalue weighted by atomic mass is 32.1. The molecule has 2 aromatic rings. The molecule has 18 heavy (non-hydrogen) atoms. The second-order valence-corrected chi connectivity index (χ2v) is 5.71. The van der Waals surface area contributed by atoms with Crippen LogP contribution in [0.25, 0.3) is 10.4 Å². The first-order valence-electron chi connectivity index (χ1n) is 6.07. The minimum atomic E-state index is -0.0714. The van der Waals surface area contributed by atoms with Gasteiger partial charge >= 0.3 is 0 Å². The number of thiophene rings is 1. The van der Waals surface area contributed by atoms with Gasteiger partial charge < -0.3 is 15.0 Å². The van der Waals surface area contributed by atoms with Crippen LogP contribution in [0.5, 0.6) is 0 Å². The van der Waals surface area contributed by atoms with Crippen LogP contribution in [-0.4, -0.2) is 17.9 Å². The first-order chi connectivity index (χ1) is 8.74. The summed E-state index contributed by atoms with van der Waals surface area (Å²) in [6, 6.07) is 4.04. The van der Waals surface area contributed by atoms with Crippen LogP contribution in [0.2, 0.25) is 0 Å². The van der Waals surface area contributed by atoms with Gasteiger partial charge in [0.2, 0.25) is 0 Å². The van der Waals surface area contributed by atoms with Crippen molar-refractivity contribution >= 4 is 17.2 Å². The molecule has 0 unspecified atom stereocenters. The van der Waals surface area contributed by atoms with Crippen molar-refractivity contribution in [2.45, 2.75) is 31.3 Å². The Hall–Kier alpha value is -1.33. The fourth-order valence-electron chi connectivity index (χ4n) is 2.46. The summed E-state index contributed by atoms with van der Waals surface area (Å²) >= 11 is 1.65. The van der Waals surface area contributed by atoms with Gasteiger partial charge in [-0.1, -0.05) is 11.2 Å². The molecule has 0 bridgehead atoms. The molecule has 0 spiro atoms. The summed E-state index contributed by atoms with van der Waals surface area (Å²) < 4.78 is 11.0. The van der Waals surface area contributed by atoms with Gasteiger partial charge in [0.15, 0.2) is 5.82 Å². The van der Waals surface area contributed by atoms with Crippen molar-refractivity contribution in [3.8, 4) is 10.4 Å². The molecule has 0 aromatic carbocycles. The van der Waals surface area contributed by atoms with E-state index in [1.54, 1.807) is 18.4 Å². The topological polar surface area (TPSA) is 61.3 Å². The smallest absolute Gasteiger partial charge is 0.175 e. The van der Waals surface area contributed by atoms with E-state index in [0.29, 0.717) is 5.82 Å². The minimum absolute atomic E-state index is 0.0714. The van der Waals surface area contributed by atoms with E-state index in [1.807, 2.05) is 17.5 Å². The van der Waals surface area contributed by atoms with Crippen LogP contribution in [0, 0.1) is 0 Å². The highest BCUT2D eigenvalue weighted by Crippen LogP contribution is 2.41. The van der Waals surface area contributed by atoms with Crippen molar-refractivity contribution in [3.05, 3.63) is 23.3 Å². The molecular weight excluding hydrogens is 248 g/mol. The molecule has 2 heterocycles. The van der Waals surface area contributed by atoms with Gasteiger partial charge in [-0.15, -0.1) is 11.3 Å². The van der Waals surface area contributed by atoms with Crippen LogP contribution in [0.3, 0.4) is 0 Å². The Balaban J connectivity index is 1.93. The number of nitrogens with two attached hydrogens (primary N) is 1. The lowest BCUT2D eigenvalue weighted by Gasteiger charge is -2.39. The fourth-order valence-corrected chi connectivity index (χ4v) is 3.26. The molecule has 2 aromatic heterocycles. The van der Waals surface area contributed by atoms with E-state index in [2.05, 4.69) is 5.16 Å². The number of rotatable bonds is 4. The van der Waals surface area contributed by atoms with Gasteiger partial charge in [0.05, 0.1) is 11.2 Å². The number of ether oxygens (including phenoxy) is 1. The van der Waals surface area contributed by atoms with E-state index >= 15 is 0 Å². The van der Waals surface area contributed by atoms with Crippen molar-refractivity contribution in [1.29, 1.82) is 0 Å². The molecule has 0 radical (unpaired) electrons. The number of methoxy groups -OCH3 is 1. The van der Waals surface area contributed by atoms with Gasteiger partial charge in [0.1, 0.15) is 5.76 Å². The Morgan fingerprint density at radius 1 is 1.56 bits per heavy atom. The van der Waals surface area contributed by atoms with Crippen molar-refractivity contribution in [2.75, 3.05) is 12.8 Å². The highest BCUT2D eigenvalue weighted by molar-refractivity contribution is 7.13. The molecule has 3 rings (SSSR count). The molecule has 0 saturated heterocycles. The van der Waals surface area contributed by atoms with E-state index in [9.17, 15) is 0 Å². The zero-order valence-corrected chi connectivity index (χ0v) is 11.1. The van der Waals surface area contributed by atoms with Gasteiger partial charge in [0, 0.05) is 18.4 Å². The Bertz CT molecular complexity index is 524. The molecule has 4 nitrogen and oxygen atoms in total. The molecule has 1 saturated carbocycles. The number of nitrogen functional groups attached to an aromatic ring is 1. The van der Waals surface area contributed by atoms with Gasteiger partial charge in [-0.2, -0.15) is 0 Å². The molecule has 0 aliphatic heterocycles. The zero-order valence-electron chi connectivity index (χ0n) is 10.3. The molecule has 96 valence electrons. The lowest BCUT2D eigenvalue weighted by Crippen LogP contribution is -2.41. The van der Waals surface area contributed by atoms with Crippen LogP contribution >= 0.6 is 11.3 Å². The molecule has 0 atom stereocenters. The first-order valence-corrected chi connectivity index (χ1v) is 6.95. The number of nitrogens with zero attached hydrogens (tertiary/aromatic N) is 1. The van der Waals surface area contributed by atoms with E-state index in [1.165, 1.54) is 6.42 Å². The summed E-state index contributed by atoms with van der Waals surface area (Å²) in [4.78, 5) is 1.11. The molecule has 5 heteroatoms. The van der Waals surface area contributed by atoms with Crippen LogP contribution in [0.4, 0.5) is 5.82 Å². The summed E-state index contributed by atoms with van der Waals surface area (Å²) in [5.41, 5.74) is 6.78. The van der Waals surface area contributed by atoms with Gasteiger partial charge in [-0.3, -0.25) is 0 Å². The van der Waals surface area contributed by atoms with Crippen LogP contribution in [0.1, 0.15) is 25.0 Å². The van der Waals surface area contributed by atoms with Gasteiger partial charge in [-0.05, 0) is 30.7 Å². The van der Waals surface area contributed by atoms with E-state index in [-0.39, 0.29) is 5.60 Å². The van der Waals surface area contributed by atoms with Gasteiger partial charge in [0.25, 0.3) is 0 Å². The van der Waals surface area contributed by atoms with Crippen molar-refractivity contribution < 1.29 is 9.26 Å². The summed E-state index contributed by atoms with van der Waals surface area (Å²) in [5, 5.41) is 5.93. The lowest BCUT2D eigenvalue weighted by atomic mass is 9.76. The summed E-state index contributed by atoms with van der Waals surface area (Å²) in [6.45, 7) is 0. The summed E-state index contributed by atoms with van der Waals surface area (Å²) in [7, 11) is 1.77. The minimum Gasteiger partial charge on any atom is -0.380 e. The van der Waals surface area contributed by atoms with E-state index in [4.69, 9.17) is 15.0 Å². The molecule has 1 fully saturated rings. The molecular formula is C13H16N2O2S. The third-order valence-electron chi connectivity index (χ3n) is 3.74. The lowest BCUT2D eigenvalue weighted by molar-refractivity contribution is -0.0742. The normalized spacial score (nSPS) is 17.6. The predicted octanol–water partition coefficient (Wildman–Crippen LogP) is 3.10. The molecule has 0 amide bonds. The second kappa shape index (κ2) is 4.40. The fraction of sp³-hybridized carbons (Fsp3) is 0.462. The van der Waals surface area contributed by atoms with Crippen molar-refractivity contribution in [3.63, 3.8) is 0 Å². The predicted molar refractivity (Wildman–Crippen MR) is 71.5 cm³/mol. The number of hydrogen-bond acceptors (Lipinski definition) is 5. The molecule has 2 N–H and O–H groups in total. The Morgan fingerprint density at radius 2 is 2.39 bits per heavy atom. The maximum atomic E-state index is 5.91. The maximum Gasteiger partial charge on any atom is 0.175 e.